The maximum Gasteiger partial charge on any atom is 0.235 e. The first-order valence-corrected chi connectivity index (χ1v) is 12.2. The summed E-state index contributed by atoms with van der Waals surface area (Å²) in [6.45, 7) is 7.36. The molecule has 2 heterocycles. The summed E-state index contributed by atoms with van der Waals surface area (Å²) in [7, 11) is 1.68. The van der Waals surface area contributed by atoms with Crippen molar-refractivity contribution in [3.63, 3.8) is 0 Å². The van der Waals surface area contributed by atoms with Crippen LogP contribution in [0.1, 0.15) is 12.5 Å². The van der Waals surface area contributed by atoms with Crippen molar-refractivity contribution >= 4 is 17.7 Å². The third-order valence-corrected chi connectivity index (χ3v) is 6.90. The predicted molar refractivity (Wildman–Crippen MR) is 131 cm³/mol. The van der Waals surface area contributed by atoms with Crippen LogP contribution in [0.2, 0.25) is 0 Å². The van der Waals surface area contributed by atoms with Crippen LogP contribution in [-0.4, -0.2) is 75.6 Å². The summed E-state index contributed by atoms with van der Waals surface area (Å²) in [5.74, 6) is 0.950. The smallest absolute Gasteiger partial charge is 0.235 e. The number of hydrogen-bond donors (Lipinski definition) is 0. The Morgan fingerprint density at radius 3 is 2.33 bits per heavy atom. The molecule has 1 fully saturated rings. The zero-order valence-electron chi connectivity index (χ0n) is 19.3. The number of amides is 1. The molecule has 0 N–H and O–H groups in total. The number of thioether (sulfide) groups is 1. The van der Waals surface area contributed by atoms with Crippen molar-refractivity contribution in [1.29, 1.82) is 0 Å². The molecule has 1 atom stereocenters. The molecule has 1 aromatic heterocycles. The van der Waals surface area contributed by atoms with E-state index < -0.39 is 0 Å². The minimum absolute atomic E-state index is 0.155. The molecule has 1 amide bonds. The van der Waals surface area contributed by atoms with Crippen molar-refractivity contribution in [2.24, 2.45) is 0 Å². The first-order chi connectivity index (χ1) is 16.2. The Balaban J connectivity index is 1.37. The Hall–Kier alpha value is -2.68. The van der Waals surface area contributed by atoms with E-state index in [0.29, 0.717) is 13.2 Å². The normalized spacial score (nSPS) is 15.5. The molecule has 0 radical (unpaired) electrons. The Kier molecular flexibility index (Phi) is 8.15. The van der Waals surface area contributed by atoms with Gasteiger partial charge in [-0.25, -0.2) is 0 Å². The van der Waals surface area contributed by atoms with Crippen molar-refractivity contribution in [2.45, 2.75) is 30.4 Å². The molecule has 1 unspecified atom stereocenters. The number of hydrogen-bond acceptors (Lipinski definition) is 6. The van der Waals surface area contributed by atoms with E-state index in [1.807, 2.05) is 52.8 Å². The third-order valence-electron chi connectivity index (χ3n) is 5.83. The summed E-state index contributed by atoms with van der Waals surface area (Å²) in [6, 6.07) is 20.5. The Bertz CT molecular complexity index is 1020. The number of ether oxygens (including phenoxy) is 1. The van der Waals surface area contributed by atoms with E-state index in [2.05, 4.69) is 39.4 Å². The zero-order chi connectivity index (χ0) is 23.0. The van der Waals surface area contributed by atoms with E-state index >= 15 is 0 Å². The third kappa shape index (κ3) is 6.01. The lowest BCUT2D eigenvalue weighted by atomic mass is 10.2. The fourth-order valence-electron chi connectivity index (χ4n) is 3.99. The largest absolute Gasteiger partial charge is 0.383 e. The van der Waals surface area contributed by atoms with Crippen LogP contribution in [0.3, 0.4) is 0 Å². The molecule has 33 heavy (non-hydrogen) atoms. The molecule has 174 valence electrons. The van der Waals surface area contributed by atoms with Crippen molar-refractivity contribution in [1.82, 2.24) is 24.6 Å². The highest BCUT2D eigenvalue weighted by Crippen LogP contribution is 2.28. The minimum atomic E-state index is -0.236. The SMILES string of the molecule is COCCn1c(SC(C)C(=O)N2CCN(Cc3ccccc3)CC2)nnc1-c1ccccc1. The topological polar surface area (TPSA) is 63.5 Å². The molecule has 1 aliphatic heterocycles. The van der Waals surface area contributed by atoms with Gasteiger partial charge in [-0.2, -0.15) is 0 Å². The van der Waals surface area contributed by atoms with Crippen LogP contribution in [0.4, 0.5) is 0 Å². The van der Waals surface area contributed by atoms with Gasteiger partial charge in [0.25, 0.3) is 0 Å². The van der Waals surface area contributed by atoms with Gasteiger partial charge in [-0.05, 0) is 12.5 Å². The lowest BCUT2D eigenvalue weighted by molar-refractivity contribution is -0.132. The van der Waals surface area contributed by atoms with E-state index in [0.717, 1.165) is 49.3 Å². The average Bonchev–Trinajstić information content (AvgIpc) is 3.26. The van der Waals surface area contributed by atoms with Crippen LogP contribution in [0.25, 0.3) is 11.4 Å². The highest BCUT2D eigenvalue weighted by molar-refractivity contribution is 8.00. The van der Waals surface area contributed by atoms with Gasteiger partial charge in [-0.15, -0.1) is 10.2 Å². The van der Waals surface area contributed by atoms with Crippen molar-refractivity contribution in [2.75, 3.05) is 39.9 Å². The molecule has 1 aliphatic rings. The average molecular weight is 466 g/mol. The number of benzene rings is 2. The molecular weight excluding hydrogens is 434 g/mol. The van der Waals surface area contributed by atoms with Gasteiger partial charge in [0, 0.05) is 45.4 Å². The van der Waals surface area contributed by atoms with Gasteiger partial charge in [0.05, 0.1) is 18.4 Å². The molecule has 0 bridgehead atoms. The van der Waals surface area contributed by atoms with Crippen molar-refractivity contribution in [3.05, 3.63) is 66.2 Å². The summed E-state index contributed by atoms with van der Waals surface area (Å²) in [5.41, 5.74) is 2.31. The van der Waals surface area contributed by atoms with Crippen LogP contribution < -0.4 is 0 Å². The van der Waals surface area contributed by atoms with E-state index in [-0.39, 0.29) is 11.2 Å². The van der Waals surface area contributed by atoms with E-state index in [4.69, 9.17) is 4.74 Å². The first kappa shape index (κ1) is 23.5. The maximum absolute atomic E-state index is 13.2. The van der Waals surface area contributed by atoms with Gasteiger partial charge >= 0.3 is 0 Å². The lowest BCUT2D eigenvalue weighted by Gasteiger charge is -2.35. The molecule has 0 aliphatic carbocycles. The van der Waals surface area contributed by atoms with Gasteiger partial charge in [-0.3, -0.25) is 14.3 Å². The molecule has 2 aromatic carbocycles. The Labute approximate surface area is 199 Å². The van der Waals surface area contributed by atoms with Crippen LogP contribution in [0.15, 0.2) is 65.8 Å². The zero-order valence-corrected chi connectivity index (χ0v) is 20.1. The number of nitrogens with zero attached hydrogens (tertiary/aromatic N) is 5. The quantitative estimate of drug-likeness (QED) is 0.451. The van der Waals surface area contributed by atoms with Crippen LogP contribution in [0.5, 0.6) is 0 Å². The fraction of sp³-hybridized carbons (Fsp3) is 0.400. The highest BCUT2D eigenvalue weighted by atomic mass is 32.2. The number of carbonyl (C=O) groups excluding carboxylic acids is 1. The van der Waals surface area contributed by atoms with Gasteiger partial charge in [0.15, 0.2) is 11.0 Å². The van der Waals surface area contributed by atoms with Gasteiger partial charge in [0.1, 0.15) is 0 Å². The second-order valence-corrected chi connectivity index (χ2v) is 9.47. The highest BCUT2D eigenvalue weighted by Gasteiger charge is 2.27. The molecule has 8 heteroatoms. The summed E-state index contributed by atoms with van der Waals surface area (Å²) in [6.07, 6.45) is 0. The maximum atomic E-state index is 13.2. The predicted octanol–water partition coefficient (Wildman–Crippen LogP) is 3.42. The summed E-state index contributed by atoms with van der Waals surface area (Å²) in [4.78, 5) is 17.6. The van der Waals surface area contributed by atoms with E-state index in [1.54, 1.807) is 7.11 Å². The number of piperazine rings is 1. The first-order valence-electron chi connectivity index (χ1n) is 11.3. The second kappa shape index (κ2) is 11.4. The summed E-state index contributed by atoms with van der Waals surface area (Å²) >= 11 is 1.47. The van der Waals surface area contributed by atoms with Crippen LogP contribution in [-0.2, 0) is 22.6 Å². The van der Waals surface area contributed by atoms with Crippen LogP contribution >= 0.6 is 11.8 Å². The number of carbonyl (C=O) groups is 1. The van der Waals surface area contributed by atoms with Gasteiger partial charge in [-0.1, -0.05) is 72.4 Å². The standard InChI is InChI=1S/C25H31N5O2S/c1-20(24(31)29-15-13-28(14-16-29)19-21-9-5-3-6-10-21)33-25-27-26-23(30(25)17-18-32-2)22-11-7-4-8-12-22/h3-12,20H,13-19H2,1-2H3. The summed E-state index contributed by atoms with van der Waals surface area (Å²) < 4.78 is 7.34. The number of aromatic nitrogens is 3. The van der Waals surface area contributed by atoms with Crippen LogP contribution in [0, 0.1) is 0 Å². The molecular formula is C25H31N5O2S. The van der Waals surface area contributed by atoms with Crippen molar-refractivity contribution in [3.8, 4) is 11.4 Å². The lowest BCUT2D eigenvalue weighted by Crippen LogP contribution is -2.50. The van der Waals surface area contributed by atoms with Gasteiger partial charge in [0.2, 0.25) is 5.91 Å². The van der Waals surface area contributed by atoms with Gasteiger partial charge < -0.3 is 9.64 Å². The Morgan fingerprint density at radius 2 is 1.67 bits per heavy atom. The molecule has 0 saturated carbocycles. The minimum Gasteiger partial charge on any atom is -0.383 e. The monoisotopic (exact) mass is 465 g/mol. The Morgan fingerprint density at radius 1 is 1.00 bits per heavy atom. The molecule has 4 rings (SSSR count). The molecule has 1 saturated heterocycles. The fourth-order valence-corrected chi connectivity index (χ4v) is 4.95. The molecule has 0 spiro atoms. The summed E-state index contributed by atoms with van der Waals surface area (Å²) in [5, 5.41) is 9.34. The molecule has 3 aromatic rings. The van der Waals surface area contributed by atoms with Crippen molar-refractivity contribution < 1.29 is 9.53 Å². The molecule has 7 nitrogen and oxygen atoms in total. The number of methoxy groups -OCH3 is 1. The number of rotatable bonds is 9. The van der Waals surface area contributed by atoms with E-state index in [9.17, 15) is 4.79 Å². The van der Waals surface area contributed by atoms with E-state index in [1.165, 1.54) is 17.3 Å². The second-order valence-electron chi connectivity index (χ2n) is 8.16.